The van der Waals surface area contributed by atoms with Crippen LogP contribution in [0.1, 0.15) is 22.5 Å². The summed E-state index contributed by atoms with van der Waals surface area (Å²) in [4.78, 5) is 24.9. The Labute approximate surface area is 91.5 Å². The minimum atomic E-state index is -0.349. The Hall–Kier alpha value is -1.36. The van der Waals surface area contributed by atoms with Gasteiger partial charge in [0, 0.05) is 18.3 Å². The Morgan fingerprint density at radius 2 is 2.40 bits per heavy atom. The third-order valence-corrected chi connectivity index (χ3v) is 3.26. The topological polar surface area (TPSA) is 46.6 Å². The molecule has 80 valence electrons. The van der Waals surface area contributed by atoms with Crippen molar-refractivity contribution < 1.29 is 14.3 Å². The zero-order valence-electron chi connectivity index (χ0n) is 8.36. The van der Waals surface area contributed by atoms with E-state index in [-0.39, 0.29) is 11.9 Å². The van der Waals surface area contributed by atoms with Crippen LogP contribution in [0.25, 0.3) is 0 Å². The molecule has 0 bridgehead atoms. The number of nitrogens with zero attached hydrogens (tertiary/aromatic N) is 1. The summed E-state index contributed by atoms with van der Waals surface area (Å²) in [5, 5.41) is 1.81. The molecule has 1 amide bonds. The summed E-state index contributed by atoms with van der Waals surface area (Å²) in [6, 6.07) is 1.71. The lowest BCUT2D eigenvalue weighted by atomic mass is 10.4. The van der Waals surface area contributed by atoms with Crippen molar-refractivity contribution in [3.63, 3.8) is 0 Å². The van der Waals surface area contributed by atoms with Crippen molar-refractivity contribution in [1.82, 2.24) is 0 Å². The van der Waals surface area contributed by atoms with Crippen molar-refractivity contribution in [2.45, 2.75) is 12.8 Å². The van der Waals surface area contributed by atoms with Crippen LogP contribution in [0.3, 0.4) is 0 Å². The monoisotopic (exact) mass is 225 g/mol. The van der Waals surface area contributed by atoms with Gasteiger partial charge in [-0.3, -0.25) is 4.79 Å². The molecular weight excluding hydrogens is 214 g/mol. The molecule has 0 N–H and O–H groups in total. The standard InChI is InChI=1S/C10H11NO3S/c1-14-10(13)8-5-7(6-15-8)11-4-2-3-9(11)12/h5-6H,2-4H2,1H3. The van der Waals surface area contributed by atoms with Gasteiger partial charge >= 0.3 is 5.97 Å². The Morgan fingerprint density at radius 1 is 1.60 bits per heavy atom. The van der Waals surface area contributed by atoms with Gasteiger partial charge in [-0.2, -0.15) is 0 Å². The fourth-order valence-corrected chi connectivity index (χ4v) is 2.41. The van der Waals surface area contributed by atoms with E-state index in [2.05, 4.69) is 4.74 Å². The van der Waals surface area contributed by atoms with E-state index in [9.17, 15) is 9.59 Å². The van der Waals surface area contributed by atoms with Gasteiger partial charge in [0.15, 0.2) is 0 Å². The summed E-state index contributed by atoms with van der Waals surface area (Å²) in [5.74, 6) is -0.220. The van der Waals surface area contributed by atoms with Crippen LogP contribution in [0.15, 0.2) is 11.4 Å². The van der Waals surface area contributed by atoms with Crippen LogP contribution in [0.2, 0.25) is 0 Å². The average Bonchev–Trinajstić information content (AvgIpc) is 2.84. The third-order valence-electron chi connectivity index (χ3n) is 2.36. The summed E-state index contributed by atoms with van der Waals surface area (Å²) in [5.41, 5.74) is 0.808. The number of carbonyl (C=O) groups is 2. The number of hydrogen-bond acceptors (Lipinski definition) is 4. The molecule has 1 aromatic rings. The van der Waals surface area contributed by atoms with Crippen molar-refractivity contribution in [2.75, 3.05) is 18.6 Å². The van der Waals surface area contributed by atoms with Gasteiger partial charge in [0.25, 0.3) is 0 Å². The highest BCUT2D eigenvalue weighted by molar-refractivity contribution is 7.12. The Kier molecular flexibility index (Phi) is 2.73. The van der Waals surface area contributed by atoms with E-state index in [0.29, 0.717) is 11.3 Å². The van der Waals surface area contributed by atoms with Crippen LogP contribution in [-0.2, 0) is 9.53 Å². The van der Waals surface area contributed by atoms with Gasteiger partial charge in [0.2, 0.25) is 5.91 Å². The molecule has 15 heavy (non-hydrogen) atoms. The van der Waals surface area contributed by atoms with Gasteiger partial charge in [-0.25, -0.2) is 4.79 Å². The van der Waals surface area contributed by atoms with E-state index in [4.69, 9.17) is 0 Å². The van der Waals surface area contributed by atoms with Crippen LogP contribution in [-0.4, -0.2) is 25.5 Å². The van der Waals surface area contributed by atoms with Gasteiger partial charge in [0.1, 0.15) is 4.88 Å². The van der Waals surface area contributed by atoms with Gasteiger partial charge in [0.05, 0.1) is 12.8 Å². The number of amides is 1. The number of methoxy groups -OCH3 is 1. The lowest BCUT2D eigenvalue weighted by molar-refractivity contribution is -0.117. The second-order valence-electron chi connectivity index (χ2n) is 3.31. The van der Waals surface area contributed by atoms with Crippen LogP contribution < -0.4 is 4.90 Å². The smallest absolute Gasteiger partial charge is 0.348 e. The normalized spacial score (nSPS) is 15.8. The van der Waals surface area contributed by atoms with E-state index in [1.165, 1.54) is 18.4 Å². The Balaban J connectivity index is 2.19. The zero-order valence-corrected chi connectivity index (χ0v) is 9.17. The largest absolute Gasteiger partial charge is 0.465 e. The van der Waals surface area contributed by atoms with E-state index in [1.54, 1.807) is 11.0 Å². The molecule has 0 unspecified atom stereocenters. The molecule has 5 heteroatoms. The number of anilines is 1. The molecule has 1 fully saturated rings. The van der Waals surface area contributed by atoms with Crippen LogP contribution in [0.5, 0.6) is 0 Å². The van der Waals surface area contributed by atoms with Gasteiger partial charge in [-0.15, -0.1) is 11.3 Å². The molecule has 1 saturated heterocycles. The molecule has 0 aromatic carbocycles. The molecule has 1 aromatic heterocycles. The summed E-state index contributed by atoms with van der Waals surface area (Å²) in [6.45, 7) is 0.746. The number of ether oxygens (including phenoxy) is 1. The highest BCUT2D eigenvalue weighted by Crippen LogP contribution is 2.27. The maximum atomic E-state index is 11.4. The first-order chi connectivity index (χ1) is 7.22. The van der Waals surface area contributed by atoms with E-state index < -0.39 is 0 Å². The second kappa shape index (κ2) is 4.02. The lowest BCUT2D eigenvalue weighted by Crippen LogP contribution is -2.22. The van der Waals surface area contributed by atoms with E-state index >= 15 is 0 Å². The van der Waals surface area contributed by atoms with Crippen molar-refractivity contribution in [2.24, 2.45) is 0 Å². The summed E-state index contributed by atoms with van der Waals surface area (Å²) in [7, 11) is 1.35. The predicted molar refractivity (Wildman–Crippen MR) is 57.2 cm³/mol. The Morgan fingerprint density at radius 3 is 3.00 bits per heavy atom. The molecule has 2 heterocycles. The first kappa shape index (κ1) is 10.2. The number of thiophene rings is 1. The van der Waals surface area contributed by atoms with Crippen LogP contribution >= 0.6 is 11.3 Å². The van der Waals surface area contributed by atoms with Crippen LogP contribution in [0.4, 0.5) is 5.69 Å². The minimum absolute atomic E-state index is 0.129. The van der Waals surface area contributed by atoms with E-state index in [1.807, 2.05) is 5.38 Å². The fraction of sp³-hybridized carbons (Fsp3) is 0.400. The molecule has 1 aliphatic heterocycles. The molecule has 0 radical (unpaired) electrons. The number of hydrogen-bond donors (Lipinski definition) is 0. The second-order valence-corrected chi connectivity index (χ2v) is 4.22. The average molecular weight is 225 g/mol. The minimum Gasteiger partial charge on any atom is -0.465 e. The molecule has 2 rings (SSSR count). The van der Waals surface area contributed by atoms with Crippen molar-refractivity contribution in [3.05, 3.63) is 16.3 Å². The molecular formula is C10H11NO3S. The maximum absolute atomic E-state index is 11.4. The Bertz CT molecular complexity index is 399. The highest BCUT2D eigenvalue weighted by Gasteiger charge is 2.23. The molecule has 0 atom stereocenters. The van der Waals surface area contributed by atoms with Crippen molar-refractivity contribution in [1.29, 1.82) is 0 Å². The van der Waals surface area contributed by atoms with Crippen molar-refractivity contribution >= 4 is 28.9 Å². The van der Waals surface area contributed by atoms with Gasteiger partial charge in [-0.1, -0.05) is 0 Å². The first-order valence-electron chi connectivity index (χ1n) is 4.69. The van der Waals surface area contributed by atoms with E-state index in [0.717, 1.165) is 18.7 Å². The SMILES string of the molecule is COC(=O)c1cc(N2CCCC2=O)cs1. The quantitative estimate of drug-likeness (QED) is 0.719. The predicted octanol–water partition coefficient (Wildman–Crippen LogP) is 1.66. The molecule has 0 saturated carbocycles. The van der Waals surface area contributed by atoms with Gasteiger partial charge in [-0.05, 0) is 12.5 Å². The van der Waals surface area contributed by atoms with Crippen LogP contribution in [0, 0.1) is 0 Å². The summed E-state index contributed by atoms with van der Waals surface area (Å²) >= 11 is 1.30. The fourth-order valence-electron chi connectivity index (χ4n) is 1.60. The maximum Gasteiger partial charge on any atom is 0.348 e. The first-order valence-corrected chi connectivity index (χ1v) is 5.57. The molecule has 0 spiro atoms. The molecule has 0 aliphatic carbocycles. The number of carbonyl (C=O) groups excluding carboxylic acids is 2. The molecule has 1 aliphatic rings. The van der Waals surface area contributed by atoms with Gasteiger partial charge < -0.3 is 9.64 Å². The number of rotatable bonds is 2. The zero-order chi connectivity index (χ0) is 10.8. The summed E-state index contributed by atoms with van der Waals surface area (Å²) in [6.07, 6.45) is 1.49. The third kappa shape index (κ3) is 1.87. The lowest BCUT2D eigenvalue weighted by Gasteiger charge is -2.12. The molecule has 4 nitrogen and oxygen atoms in total. The number of esters is 1. The summed E-state index contributed by atoms with van der Waals surface area (Å²) < 4.78 is 4.61. The van der Waals surface area contributed by atoms with Crippen molar-refractivity contribution in [3.8, 4) is 0 Å². The highest BCUT2D eigenvalue weighted by atomic mass is 32.1.